The predicted molar refractivity (Wildman–Crippen MR) is 111 cm³/mol. The van der Waals surface area contributed by atoms with Crippen molar-refractivity contribution in [2.24, 2.45) is 0 Å². The van der Waals surface area contributed by atoms with Crippen LogP contribution in [0.15, 0.2) is 24.4 Å². The maximum atomic E-state index is 4.39. The fourth-order valence-corrected chi connectivity index (χ4v) is 2.58. The van der Waals surface area contributed by atoms with Crippen molar-refractivity contribution in [3.8, 4) is 0 Å². The summed E-state index contributed by atoms with van der Waals surface area (Å²) in [4.78, 5) is 8.62. The van der Waals surface area contributed by atoms with E-state index < -0.39 is 0 Å². The van der Waals surface area contributed by atoms with E-state index in [2.05, 4.69) is 75.0 Å². The van der Waals surface area contributed by atoms with Gasteiger partial charge in [-0.3, -0.25) is 9.97 Å². The van der Waals surface area contributed by atoms with Crippen LogP contribution in [0.2, 0.25) is 0 Å². The molecule has 2 aromatic rings. The smallest absolute Gasteiger partial charge is 0.0410 e. The van der Waals surface area contributed by atoms with Gasteiger partial charge in [0.2, 0.25) is 0 Å². The van der Waals surface area contributed by atoms with Crippen molar-refractivity contribution in [1.29, 1.82) is 0 Å². The highest BCUT2D eigenvalue weighted by Crippen LogP contribution is 2.18. The molecule has 0 aliphatic carbocycles. The summed E-state index contributed by atoms with van der Waals surface area (Å²) in [5.74, 6) is 1.19. The normalized spacial score (nSPS) is 10.1. The zero-order valence-electron chi connectivity index (χ0n) is 17.9. The standard InChI is InChI=1S/2C10H15N.C2H7N/c1-7(2)10-5-9(4)11-6-8(10)3;1-7(2)10-6-5-8(3)11-9(10)4;1-3-2/h2*5-7H,1-4H3;3H,1-2H3. The van der Waals surface area contributed by atoms with Crippen LogP contribution >= 0.6 is 0 Å². The summed E-state index contributed by atoms with van der Waals surface area (Å²) in [6.45, 7) is 17.1. The third kappa shape index (κ3) is 8.78. The van der Waals surface area contributed by atoms with E-state index in [9.17, 15) is 0 Å². The van der Waals surface area contributed by atoms with Gasteiger partial charge >= 0.3 is 0 Å². The third-order valence-electron chi connectivity index (χ3n) is 3.79. The van der Waals surface area contributed by atoms with Crippen LogP contribution in [0.5, 0.6) is 0 Å². The minimum atomic E-state index is 0.586. The highest BCUT2D eigenvalue weighted by Gasteiger charge is 2.03. The van der Waals surface area contributed by atoms with Crippen LogP contribution in [-0.4, -0.2) is 24.1 Å². The van der Waals surface area contributed by atoms with Crippen LogP contribution in [0.4, 0.5) is 0 Å². The van der Waals surface area contributed by atoms with Crippen LogP contribution in [-0.2, 0) is 0 Å². The molecule has 140 valence electrons. The van der Waals surface area contributed by atoms with Gasteiger partial charge in [0.15, 0.2) is 0 Å². The molecule has 0 fully saturated rings. The molecule has 0 bridgehead atoms. The summed E-state index contributed by atoms with van der Waals surface area (Å²) < 4.78 is 0. The van der Waals surface area contributed by atoms with Crippen molar-refractivity contribution in [3.05, 3.63) is 58.2 Å². The van der Waals surface area contributed by atoms with Crippen LogP contribution in [0.25, 0.3) is 0 Å². The molecule has 2 rings (SSSR count). The molecule has 0 spiro atoms. The van der Waals surface area contributed by atoms with E-state index >= 15 is 0 Å². The first kappa shape index (κ1) is 23.3. The van der Waals surface area contributed by atoms with Gasteiger partial charge < -0.3 is 5.32 Å². The summed E-state index contributed by atoms with van der Waals surface area (Å²) in [6, 6.07) is 6.41. The maximum Gasteiger partial charge on any atom is 0.0410 e. The Balaban J connectivity index is 0.000000399. The Morgan fingerprint density at radius 1 is 0.800 bits per heavy atom. The Labute approximate surface area is 155 Å². The molecule has 0 aromatic carbocycles. The minimum absolute atomic E-state index is 0.586. The van der Waals surface area contributed by atoms with Gasteiger partial charge in [0.25, 0.3) is 0 Å². The van der Waals surface area contributed by atoms with Crippen molar-refractivity contribution in [3.63, 3.8) is 0 Å². The van der Waals surface area contributed by atoms with Gasteiger partial charge in [-0.15, -0.1) is 0 Å². The van der Waals surface area contributed by atoms with Crippen molar-refractivity contribution in [1.82, 2.24) is 15.3 Å². The van der Waals surface area contributed by atoms with E-state index in [1.165, 1.54) is 22.4 Å². The lowest BCUT2D eigenvalue weighted by Gasteiger charge is -2.08. The minimum Gasteiger partial charge on any atom is -0.323 e. The Morgan fingerprint density at radius 3 is 1.72 bits per heavy atom. The summed E-state index contributed by atoms with van der Waals surface area (Å²) in [6.07, 6.45) is 1.95. The van der Waals surface area contributed by atoms with Gasteiger partial charge in [0.1, 0.15) is 0 Å². The summed E-state index contributed by atoms with van der Waals surface area (Å²) >= 11 is 0. The lowest BCUT2D eigenvalue weighted by Crippen LogP contribution is -1.95. The Hall–Kier alpha value is -1.74. The topological polar surface area (TPSA) is 37.8 Å². The largest absolute Gasteiger partial charge is 0.323 e. The molecule has 0 saturated heterocycles. The van der Waals surface area contributed by atoms with Gasteiger partial charge in [-0.05, 0) is 82.4 Å². The number of aromatic nitrogens is 2. The molecule has 2 aromatic heterocycles. The van der Waals surface area contributed by atoms with E-state index in [4.69, 9.17) is 0 Å². The number of aryl methyl sites for hydroxylation is 4. The second-order valence-corrected chi connectivity index (χ2v) is 7.12. The van der Waals surface area contributed by atoms with Crippen molar-refractivity contribution < 1.29 is 0 Å². The van der Waals surface area contributed by atoms with Crippen molar-refractivity contribution in [2.45, 2.75) is 67.2 Å². The van der Waals surface area contributed by atoms with Gasteiger partial charge in [-0.1, -0.05) is 33.8 Å². The van der Waals surface area contributed by atoms with E-state index in [1.54, 1.807) is 0 Å². The second-order valence-electron chi connectivity index (χ2n) is 7.12. The number of hydrogen-bond acceptors (Lipinski definition) is 3. The van der Waals surface area contributed by atoms with Gasteiger partial charge in [0.05, 0.1) is 0 Å². The fourth-order valence-electron chi connectivity index (χ4n) is 2.58. The molecule has 0 amide bonds. The molecule has 2 heterocycles. The predicted octanol–water partition coefficient (Wildman–Crippen LogP) is 5.48. The van der Waals surface area contributed by atoms with Gasteiger partial charge in [-0.2, -0.15) is 0 Å². The average molecular weight is 344 g/mol. The van der Waals surface area contributed by atoms with E-state index in [1.807, 2.05) is 34.1 Å². The quantitative estimate of drug-likeness (QED) is 0.784. The molecule has 0 unspecified atom stereocenters. The first-order chi connectivity index (χ1) is 11.6. The molecule has 3 nitrogen and oxygen atoms in total. The lowest BCUT2D eigenvalue weighted by atomic mass is 9.99. The third-order valence-corrected chi connectivity index (χ3v) is 3.79. The molecule has 3 heteroatoms. The van der Waals surface area contributed by atoms with Gasteiger partial charge in [0, 0.05) is 23.3 Å². The molecule has 0 atom stereocenters. The van der Waals surface area contributed by atoms with Crippen molar-refractivity contribution >= 4 is 0 Å². The first-order valence-electron chi connectivity index (χ1n) is 9.09. The Morgan fingerprint density at radius 2 is 1.32 bits per heavy atom. The van der Waals surface area contributed by atoms with E-state index in [-0.39, 0.29) is 0 Å². The van der Waals surface area contributed by atoms with Crippen LogP contribution in [0.1, 0.15) is 73.3 Å². The Kier molecular flexibility index (Phi) is 10.9. The SMILES string of the molecule is CNC.Cc1cc(C(C)C)c(C)cn1.Cc1ccc(C(C)C)c(C)n1. The molecular weight excluding hydrogens is 306 g/mol. The van der Waals surface area contributed by atoms with Gasteiger partial charge in [-0.25, -0.2) is 0 Å². The zero-order chi connectivity index (χ0) is 19.6. The maximum absolute atomic E-state index is 4.39. The average Bonchev–Trinajstić information content (AvgIpc) is 2.50. The van der Waals surface area contributed by atoms with Crippen LogP contribution in [0.3, 0.4) is 0 Å². The number of pyridine rings is 2. The van der Waals surface area contributed by atoms with E-state index in [0.717, 1.165) is 11.4 Å². The second kappa shape index (κ2) is 11.8. The molecule has 0 aliphatic rings. The van der Waals surface area contributed by atoms with E-state index in [0.29, 0.717) is 11.8 Å². The number of nitrogens with zero attached hydrogens (tertiary/aromatic N) is 2. The number of nitrogens with one attached hydrogen (secondary N) is 1. The fraction of sp³-hybridized carbons (Fsp3) is 0.545. The summed E-state index contributed by atoms with van der Waals surface area (Å²) in [5.41, 5.74) is 7.45. The Bertz CT molecular complexity index is 631. The molecule has 0 saturated carbocycles. The molecule has 1 N–H and O–H groups in total. The summed E-state index contributed by atoms with van der Waals surface area (Å²) in [7, 11) is 3.75. The lowest BCUT2D eigenvalue weighted by molar-refractivity contribution is 0.839. The highest BCUT2D eigenvalue weighted by molar-refractivity contribution is 5.27. The first-order valence-corrected chi connectivity index (χ1v) is 9.09. The molecule has 0 radical (unpaired) electrons. The number of hydrogen-bond donors (Lipinski definition) is 1. The molecular formula is C22H37N3. The molecule has 0 aliphatic heterocycles. The summed E-state index contributed by atoms with van der Waals surface area (Å²) in [5, 5.41) is 2.75. The zero-order valence-corrected chi connectivity index (χ0v) is 17.9. The molecule has 25 heavy (non-hydrogen) atoms. The van der Waals surface area contributed by atoms with Crippen LogP contribution in [0, 0.1) is 27.7 Å². The number of rotatable bonds is 2. The highest BCUT2D eigenvalue weighted by atomic mass is 14.7. The van der Waals surface area contributed by atoms with Crippen molar-refractivity contribution in [2.75, 3.05) is 14.1 Å². The van der Waals surface area contributed by atoms with Crippen LogP contribution < -0.4 is 5.32 Å². The monoisotopic (exact) mass is 343 g/mol.